The molecule has 0 unspecified atom stereocenters. The summed E-state index contributed by atoms with van der Waals surface area (Å²) in [5.41, 5.74) is 6.52. The molecule has 0 amide bonds. The van der Waals surface area contributed by atoms with Crippen molar-refractivity contribution in [2.75, 3.05) is 12.9 Å². The highest BCUT2D eigenvalue weighted by Crippen LogP contribution is 2.14. The second-order valence-corrected chi connectivity index (χ2v) is 14.5. The Hall–Kier alpha value is -1.71. The molecule has 0 heterocycles. The number of hydrogen-bond acceptors (Lipinski definition) is 6. The molecule has 7 nitrogen and oxygen atoms in total. The highest BCUT2D eigenvalue weighted by molar-refractivity contribution is 7.89. The molecule has 26 heavy (non-hydrogen) atoms. The lowest BCUT2D eigenvalue weighted by molar-refractivity contribution is -0.142. The first-order valence-electron chi connectivity index (χ1n) is 8.29. The molecule has 0 saturated heterocycles. The van der Waals surface area contributed by atoms with E-state index in [-0.39, 0.29) is 12.2 Å². The van der Waals surface area contributed by atoms with Gasteiger partial charge in [-0.15, -0.1) is 0 Å². The van der Waals surface area contributed by atoms with Crippen LogP contribution in [0.1, 0.15) is 13.3 Å². The summed E-state index contributed by atoms with van der Waals surface area (Å²) in [7, 11) is -3.76. The highest BCUT2D eigenvalue weighted by Gasteiger charge is 2.22. The van der Waals surface area contributed by atoms with Gasteiger partial charge in [0.15, 0.2) is 0 Å². The lowest BCUT2D eigenvalue weighted by Gasteiger charge is -2.18. The second kappa shape index (κ2) is 11.1. The third-order valence-corrected chi connectivity index (χ3v) is 7.04. The Balaban J connectivity index is 5.21. The first-order valence-corrected chi connectivity index (χ1v) is 13.6. The molecule has 2 N–H and O–H groups in total. The normalized spacial score (nSPS) is 14.6. The van der Waals surface area contributed by atoms with Crippen LogP contribution in [0.5, 0.6) is 0 Å². The van der Waals surface area contributed by atoms with E-state index in [0.29, 0.717) is 6.04 Å². The fourth-order valence-electron chi connectivity index (χ4n) is 1.89. The summed E-state index contributed by atoms with van der Waals surface area (Å²) in [6.45, 7) is 11.5. The number of carbonyl (C=O) groups is 1. The molecule has 0 aliphatic rings. The van der Waals surface area contributed by atoms with Gasteiger partial charge in [-0.1, -0.05) is 37.9 Å². The molecular formula is C17H31N3O4SSi. The first kappa shape index (κ1) is 24.3. The van der Waals surface area contributed by atoms with Crippen LogP contribution in [-0.4, -0.2) is 52.5 Å². The Morgan fingerprint density at radius 1 is 1.38 bits per heavy atom. The highest BCUT2D eigenvalue weighted by atomic mass is 32.2. The Morgan fingerprint density at radius 2 is 2.00 bits per heavy atom. The van der Waals surface area contributed by atoms with E-state index < -0.39 is 30.1 Å². The smallest absolute Gasteiger partial charge is 0.322 e. The Morgan fingerprint density at radius 3 is 2.46 bits per heavy atom. The molecule has 0 spiro atoms. The molecular weight excluding hydrogens is 370 g/mol. The molecule has 0 aliphatic heterocycles. The molecule has 1 atom stereocenters. The van der Waals surface area contributed by atoms with Crippen molar-refractivity contribution >= 4 is 30.8 Å². The number of nitrogens with two attached hydrogens (primary N) is 1. The molecule has 0 fully saturated rings. The molecule has 148 valence electrons. The third-order valence-electron chi connectivity index (χ3n) is 3.40. The van der Waals surface area contributed by atoms with Crippen LogP contribution in [-0.2, 0) is 19.6 Å². The Kier molecular flexibility index (Phi) is 10.4. The molecule has 0 bridgehead atoms. The van der Waals surface area contributed by atoms with Crippen molar-refractivity contribution < 1.29 is 17.9 Å². The van der Waals surface area contributed by atoms with Crippen molar-refractivity contribution in [1.29, 1.82) is 0 Å². The van der Waals surface area contributed by atoms with Crippen molar-refractivity contribution in [2.24, 2.45) is 10.8 Å². The number of allylic oxidation sites excluding steroid dienone is 4. The Labute approximate surface area is 158 Å². The van der Waals surface area contributed by atoms with E-state index in [4.69, 9.17) is 5.73 Å². The van der Waals surface area contributed by atoms with Gasteiger partial charge in [-0.3, -0.25) is 4.79 Å². The average molecular weight is 402 g/mol. The Bertz CT molecular complexity index is 664. The zero-order valence-corrected chi connectivity index (χ0v) is 18.1. The number of esters is 1. The number of methoxy groups -OCH3 is 1. The predicted molar refractivity (Wildman–Crippen MR) is 110 cm³/mol. The van der Waals surface area contributed by atoms with Crippen LogP contribution < -0.4 is 5.73 Å². The summed E-state index contributed by atoms with van der Waals surface area (Å²) in [6.07, 6.45) is 8.41. The third kappa shape index (κ3) is 9.69. The largest absolute Gasteiger partial charge is 0.468 e. The lowest BCUT2D eigenvalue weighted by atomic mass is 10.1. The van der Waals surface area contributed by atoms with E-state index in [9.17, 15) is 13.2 Å². The zero-order valence-electron chi connectivity index (χ0n) is 16.3. The summed E-state index contributed by atoms with van der Waals surface area (Å²) in [5.74, 6) is -0.474. The number of hydrazone groups is 1. The van der Waals surface area contributed by atoms with Gasteiger partial charge >= 0.3 is 5.97 Å². The van der Waals surface area contributed by atoms with Gasteiger partial charge in [0.05, 0.1) is 12.9 Å². The van der Waals surface area contributed by atoms with Gasteiger partial charge in [0, 0.05) is 21.0 Å². The number of carbonyl (C=O) groups excluding carboxylic acids is 1. The molecule has 0 rings (SSSR count). The summed E-state index contributed by atoms with van der Waals surface area (Å²) in [4.78, 5) is 11.4. The van der Waals surface area contributed by atoms with E-state index in [1.807, 2.05) is 6.92 Å². The maximum Gasteiger partial charge on any atom is 0.322 e. The number of ether oxygens (including phenoxy) is 1. The van der Waals surface area contributed by atoms with Crippen LogP contribution in [0, 0.1) is 0 Å². The van der Waals surface area contributed by atoms with Crippen LogP contribution in [0.4, 0.5) is 0 Å². The van der Waals surface area contributed by atoms with Gasteiger partial charge in [-0.2, -0.15) is 9.52 Å². The van der Waals surface area contributed by atoms with Gasteiger partial charge in [-0.05, 0) is 31.0 Å². The summed E-state index contributed by atoms with van der Waals surface area (Å²) < 4.78 is 30.2. The van der Waals surface area contributed by atoms with Crippen LogP contribution in [0.3, 0.4) is 0 Å². The van der Waals surface area contributed by atoms with E-state index >= 15 is 0 Å². The predicted octanol–water partition coefficient (Wildman–Crippen LogP) is 2.48. The minimum Gasteiger partial charge on any atom is -0.468 e. The van der Waals surface area contributed by atoms with Crippen molar-refractivity contribution in [3.05, 3.63) is 36.1 Å². The molecule has 0 radical (unpaired) electrons. The molecule has 0 aromatic carbocycles. The fourth-order valence-corrected chi connectivity index (χ4v) is 5.99. The number of nitrogens with zero attached hydrogens (tertiary/aromatic N) is 2. The van der Waals surface area contributed by atoms with E-state index in [1.54, 1.807) is 24.3 Å². The maximum absolute atomic E-state index is 12.4. The fraction of sp³-hybridized carbons (Fsp3) is 0.529. The number of sulfonamides is 1. The van der Waals surface area contributed by atoms with Gasteiger partial charge < -0.3 is 10.5 Å². The quantitative estimate of drug-likeness (QED) is 0.188. The summed E-state index contributed by atoms with van der Waals surface area (Å²) in [5, 5.41) is 3.58. The van der Waals surface area contributed by atoms with Gasteiger partial charge in [0.1, 0.15) is 6.04 Å². The second-order valence-electron chi connectivity index (χ2n) is 6.96. The van der Waals surface area contributed by atoms with Crippen molar-refractivity contribution in [3.8, 4) is 0 Å². The molecule has 0 aromatic heterocycles. The maximum atomic E-state index is 12.4. The summed E-state index contributed by atoms with van der Waals surface area (Å²) >= 11 is 0. The minimum atomic E-state index is -3.55. The summed E-state index contributed by atoms with van der Waals surface area (Å²) in [6, 6.07) is -0.145. The average Bonchev–Trinajstić information content (AvgIpc) is 2.55. The minimum absolute atomic E-state index is 0.0325. The van der Waals surface area contributed by atoms with Crippen LogP contribution in [0.25, 0.3) is 0 Å². The molecule has 0 aromatic rings. The molecule has 0 aliphatic carbocycles. The zero-order chi connectivity index (χ0) is 20.4. The van der Waals surface area contributed by atoms with E-state index in [0.717, 1.165) is 9.99 Å². The van der Waals surface area contributed by atoms with E-state index in [1.165, 1.54) is 13.3 Å². The van der Waals surface area contributed by atoms with E-state index in [2.05, 4.69) is 36.2 Å². The van der Waals surface area contributed by atoms with Crippen molar-refractivity contribution in [2.45, 2.75) is 45.1 Å². The lowest BCUT2D eigenvalue weighted by Crippen LogP contribution is -2.31. The monoisotopic (exact) mass is 401 g/mol. The van der Waals surface area contributed by atoms with Crippen molar-refractivity contribution in [3.63, 3.8) is 0 Å². The standard InChI is InChI=1S/C17H31N3O4SSi/c1-7-9-15(14-16(18)17(21)24-3)10-8-11-20(19-2)25(22,23)12-13-26(4,5)6/h7-11,16H,2,12-14,18H2,1,3-6H3/b9-7+,11-8+,15-10+/t16-/m1/s1. The van der Waals surface area contributed by atoms with Gasteiger partial charge in [0.25, 0.3) is 10.0 Å². The van der Waals surface area contributed by atoms with Crippen molar-refractivity contribution in [1.82, 2.24) is 4.41 Å². The topological polar surface area (TPSA) is 102 Å². The molecule has 0 saturated carbocycles. The van der Waals surface area contributed by atoms with Gasteiger partial charge in [0.2, 0.25) is 0 Å². The molecule has 9 heteroatoms. The number of rotatable bonds is 11. The number of hydrogen-bond donors (Lipinski definition) is 1. The van der Waals surface area contributed by atoms with Crippen LogP contribution in [0.15, 0.2) is 41.2 Å². The first-order chi connectivity index (χ1) is 12.0. The van der Waals surface area contributed by atoms with Gasteiger partial charge in [-0.25, -0.2) is 8.42 Å². The van der Waals surface area contributed by atoms with Crippen LogP contribution >= 0.6 is 0 Å². The van der Waals surface area contributed by atoms with Crippen LogP contribution in [0.2, 0.25) is 25.7 Å². The SMILES string of the molecule is C=NN(/C=C/C=C(\C=C\C)C[C@@H](N)C(=O)OC)S(=O)(=O)CC[Si](C)(C)C.